The zero-order chi connectivity index (χ0) is 26.8. The van der Waals surface area contributed by atoms with Crippen LogP contribution in [0.25, 0.3) is 10.9 Å². The molecule has 0 saturated carbocycles. The predicted molar refractivity (Wildman–Crippen MR) is 151 cm³/mol. The summed E-state index contributed by atoms with van der Waals surface area (Å²) in [5.74, 6) is 0.903. The molecule has 2 amide bonds. The number of fused-ring (bicyclic) bond motifs is 1. The summed E-state index contributed by atoms with van der Waals surface area (Å²) < 4.78 is 5.54. The number of aromatic amines is 1. The van der Waals surface area contributed by atoms with Crippen LogP contribution >= 0.6 is 0 Å². The molecule has 3 aliphatic heterocycles. The van der Waals surface area contributed by atoms with Crippen LogP contribution in [0.4, 0.5) is 5.69 Å². The van der Waals surface area contributed by atoms with Crippen LogP contribution in [0.5, 0.6) is 0 Å². The number of carbonyl (C=O) groups excluding carboxylic acids is 2. The average Bonchev–Trinajstić information content (AvgIpc) is 3.62. The number of piperazine rings is 1. The second-order valence-electron chi connectivity index (χ2n) is 10.3. The van der Waals surface area contributed by atoms with Gasteiger partial charge in [0, 0.05) is 55.8 Å². The van der Waals surface area contributed by atoms with Gasteiger partial charge in [-0.3, -0.25) is 14.6 Å². The first-order valence-corrected chi connectivity index (χ1v) is 13.6. The van der Waals surface area contributed by atoms with Gasteiger partial charge in [-0.25, -0.2) is 9.98 Å². The molecule has 39 heavy (non-hydrogen) atoms. The standard InChI is InChI=1S/C30H32N6O3/c1-20-6-4-8-25(24-7-2-3-12-31-24)34-28(20)32-22-10-11-23-21(18-22)19-26(33-23)29(37)35-13-15-36(16-14-35)30(38)27-9-5-17-39-27/h2-4,7-8,10-12,18-20,27,33H,5-6,9,13-17H2,1H3. The number of nitrogens with one attached hydrogen (secondary N) is 1. The lowest BCUT2D eigenvalue weighted by Crippen LogP contribution is -2.52. The Bertz CT molecular complexity index is 1460. The van der Waals surface area contributed by atoms with Gasteiger partial charge in [0.2, 0.25) is 0 Å². The van der Waals surface area contributed by atoms with E-state index in [-0.39, 0.29) is 23.8 Å². The zero-order valence-electron chi connectivity index (χ0n) is 22.0. The highest BCUT2D eigenvalue weighted by atomic mass is 16.5. The average molecular weight is 525 g/mol. The maximum Gasteiger partial charge on any atom is 0.270 e. The van der Waals surface area contributed by atoms with Crippen LogP contribution in [0.1, 0.15) is 42.4 Å². The summed E-state index contributed by atoms with van der Waals surface area (Å²) in [6, 6.07) is 13.5. The van der Waals surface area contributed by atoms with E-state index in [0.717, 1.165) is 53.1 Å². The molecule has 9 nitrogen and oxygen atoms in total. The van der Waals surface area contributed by atoms with Crippen molar-refractivity contribution in [2.75, 3.05) is 32.8 Å². The first-order valence-electron chi connectivity index (χ1n) is 13.6. The highest BCUT2D eigenvalue weighted by molar-refractivity contribution is 6.14. The summed E-state index contributed by atoms with van der Waals surface area (Å²) in [6.45, 7) is 4.84. The van der Waals surface area contributed by atoms with E-state index in [2.05, 4.69) is 23.0 Å². The van der Waals surface area contributed by atoms with Crippen molar-refractivity contribution in [3.8, 4) is 0 Å². The van der Waals surface area contributed by atoms with Crippen molar-refractivity contribution < 1.29 is 14.3 Å². The third-order valence-electron chi connectivity index (χ3n) is 7.53. The Balaban J connectivity index is 1.17. The van der Waals surface area contributed by atoms with Crippen LogP contribution in [0.2, 0.25) is 0 Å². The number of benzene rings is 1. The minimum atomic E-state index is -0.316. The molecule has 0 bridgehead atoms. The first-order chi connectivity index (χ1) is 19.0. The number of aliphatic imine (C=N–C) groups is 2. The molecule has 0 radical (unpaired) electrons. The van der Waals surface area contributed by atoms with Gasteiger partial charge in [0.15, 0.2) is 0 Å². The van der Waals surface area contributed by atoms with Crippen LogP contribution in [0.3, 0.4) is 0 Å². The van der Waals surface area contributed by atoms with Gasteiger partial charge in [0.25, 0.3) is 11.8 Å². The number of amidine groups is 1. The summed E-state index contributed by atoms with van der Waals surface area (Å²) in [5.41, 5.74) is 3.82. The van der Waals surface area contributed by atoms with Gasteiger partial charge in [0.05, 0.1) is 17.1 Å². The van der Waals surface area contributed by atoms with Crippen molar-refractivity contribution in [2.45, 2.75) is 32.3 Å². The summed E-state index contributed by atoms with van der Waals surface area (Å²) in [6.07, 6.45) is 8.13. The van der Waals surface area contributed by atoms with Gasteiger partial charge in [0.1, 0.15) is 17.6 Å². The van der Waals surface area contributed by atoms with Crippen LogP contribution < -0.4 is 0 Å². The third-order valence-corrected chi connectivity index (χ3v) is 7.53. The number of pyridine rings is 1. The normalized spacial score (nSPS) is 22.8. The lowest BCUT2D eigenvalue weighted by molar-refractivity contribution is -0.142. The van der Waals surface area contributed by atoms with E-state index in [1.54, 1.807) is 11.1 Å². The molecule has 6 rings (SSSR count). The number of hydrogen-bond acceptors (Lipinski definition) is 5. The summed E-state index contributed by atoms with van der Waals surface area (Å²) in [4.78, 5) is 47.0. The fourth-order valence-electron chi connectivity index (χ4n) is 5.27. The number of H-pyrrole nitrogens is 1. The molecule has 2 unspecified atom stereocenters. The smallest absolute Gasteiger partial charge is 0.270 e. The van der Waals surface area contributed by atoms with Crippen LogP contribution in [-0.4, -0.2) is 82.0 Å². The second-order valence-corrected chi connectivity index (χ2v) is 10.3. The van der Waals surface area contributed by atoms with Gasteiger partial charge in [-0.15, -0.1) is 0 Å². The van der Waals surface area contributed by atoms with E-state index in [9.17, 15) is 9.59 Å². The monoisotopic (exact) mass is 524 g/mol. The Kier molecular flexibility index (Phi) is 7.06. The third kappa shape index (κ3) is 5.40. The van der Waals surface area contributed by atoms with E-state index in [1.807, 2.05) is 53.4 Å². The quantitative estimate of drug-likeness (QED) is 0.554. The topological polar surface area (TPSA) is 103 Å². The fourth-order valence-corrected chi connectivity index (χ4v) is 5.27. The molecule has 0 spiro atoms. The number of hydrogen-bond donors (Lipinski definition) is 1. The second kappa shape index (κ2) is 10.9. The molecular weight excluding hydrogens is 492 g/mol. The van der Waals surface area contributed by atoms with Crippen molar-refractivity contribution in [1.82, 2.24) is 19.8 Å². The van der Waals surface area contributed by atoms with Crippen LogP contribution in [0.15, 0.2) is 70.8 Å². The summed E-state index contributed by atoms with van der Waals surface area (Å²) >= 11 is 0. The maximum absolute atomic E-state index is 13.3. The molecule has 2 atom stereocenters. The Labute approximate surface area is 227 Å². The van der Waals surface area contributed by atoms with E-state index in [4.69, 9.17) is 14.7 Å². The highest BCUT2D eigenvalue weighted by Crippen LogP contribution is 2.25. The van der Waals surface area contributed by atoms with Crippen LogP contribution in [0, 0.1) is 5.92 Å². The summed E-state index contributed by atoms with van der Waals surface area (Å²) in [5, 5.41) is 0.917. The predicted octanol–water partition coefficient (Wildman–Crippen LogP) is 4.14. The molecule has 3 aromatic rings. The number of rotatable bonds is 4. The molecule has 2 fully saturated rings. The van der Waals surface area contributed by atoms with E-state index in [0.29, 0.717) is 38.5 Å². The molecule has 2 aromatic heterocycles. The SMILES string of the molecule is CC1CC=CC(c2ccccn2)=NC1=Nc1ccc2[nH]c(C(=O)N3CCN(C(=O)C4CCCO4)CC3)cc2c1. The molecule has 0 aliphatic carbocycles. The van der Waals surface area contributed by atoms with E-state index < -0.39 is 0 Å². The lowest BCUT2D eigenvalue weighted by atomic mass is 10.1. The van der Waals surface area contributed by atoms with Crippen molar-refractivity contribution in [2.24, 2.45) is 15.9 Å². The number of carbonyl (C=O) groups is 2. The molecular formula is C30H32N6O3. The maximum atomic E-state index is 13.3. The fraction of sp³-hybridized carbons (Fsp3) is 0.367. The summed E-state index contributed by atoms with van der Waals surface area (Å²) in [7, 11) is 0. The number of nitrogens with zero attached hydrogens (tertiary/aromatic N) is 5. The van der Waals surface area contributed by atoms with Gasteiger partial charge in [-0.05, 0) is 61.7 Å². The van der Waals surface area contributed by atoms with Gasteiger partial charge in [-0.1, -0.05) is 19.1 Å². The Hall–Kier alpha value is -4.11. The molecule has 1 N–H and O–H groups in total. The van der Waals surface area contributed by atoms with E-state index >= 15 is 0 Å². The first kappa shape index (κ1) is 25.2. The largest absolute Gasteiger partial charge is 0.368 e. The van der Waals surface area contributed by atoms with Gasteiger partial charge < -0.3 is 19.5 Å². The van der Waals surface area contributed by atoms with Crippen LogP contribution in [-0.2, 0) is 9.53 Å². The molecule has 2 saturated heterocycles. The Morgan fingerprint density at radius 3 is 2.69 bits per heavy atom. The molecule has 5 heterocycles. The van der Waals surface area contributed by atoms with Crippen molar-refractivity contribution in [3.63, 3.8) is 0 Å². The van der Waals surface area contributed by atoms with Crippen molar-refractivity contribution >= 4 is 40.0 Å². The van der Waals surface area contributed by atoms with Gasteiger partial charge >= 0.3 is 0 Å². The van der Waals surface area contributed by atoms with Crippen molar-refractivity contribution in [3.05, 3.63) is 72.2 Å². The Morgan fingerprint density at radius 1 is 1.08 bits per heavy atom. The molecule has 9 heteroatoms. The zero-order valence-corrected chi connectivity index (χ0v) is 22.0. The van der Waals surface area contributed by atoms with Gasteiger partial charge in [-0.2, -0.15) is 0 Å². The number of amides is 2. The molecule has 3 aliphatic rings. The Morgan fingerprint density at radius 2 is 1.92 bits per heavy atom. The number of allylic oxidation sites excluding steroid dienone is 2. The number of ether oxygens (including phenoxy) is 1. The van der Waals surface area contributed by atoms with Crippen molar-refractivity contribution in [1.29, 1.82) is 0 Å². The van der Waals surface area contributed by atoms with E-state index in [1.165, 1.54) is 0 Å². The molecule has 200 valence electrons. The molecule has 1 aromatic carbocycles. The highest BCUT2D eigenvalue weighted by Gasteiger charge is 2.31. The minimum Gasteiger partial charge on any atom is -0.368 e. The number of aromatic nitrogens is 2. The lowest BCUT2D eigenvalue weighted by Gasteiger charge is -2.35. The minimum absolute atomic E-state index is 0.0506.